The number of hydrogen-bond acceptors (Lipinski definition) is 2. The van der Waals surface area contributed by atoms with Crippen LogP contribution in [0.4, 0.5) is 0 Å². The van der Waals surface area contributed by atoms with Gasteiger partial charge in [0, 0.05) is 12.5 Å². The highest BCUT2D eigenvalue weighted by Gasteiger charge is 2.14. The lowest BCUT2D eigenvalue weighted by Gasteiger charge is -2.03. The summed E-state index contributed by atoms with van der Waals surface area (Å²) in [6.45, 7) is 0. The van der Waals surface area contributed by atoms with Gasteiger partial charge in [-0.2, -0.15) is 0 Å². The standard InChI is InChI=1S/C8H8O2/c1-2-3-4-7-5-6-8(9)10-7/h1,5-7H,3-4H2. The van der Waals surface area contributed by atoms with Gasteiger partial charge in [0.1, 0.15) is 6.10 Å². The molecule has 0 aromatic rings. The van der Waals surface area contributed by atoms with Gasteiger partial charge in [-0.3, -0.25) is 0 Å². The Balaban J connectivity index is 2.28. The second kappa shape index (κ2) is 3.07. The van der Waals surface area contributed by atoms with E-state index in [1.165, 1.54) is 6.08 Å². The first-order valence-electron chi connectivity index (χ1n) is 3.15. The third-order valence-corrected chi connectivity index (χ3v) is 1.29. The fourth-order valence-electron chi connectivity index (χ4n) is 0.794. The summed E-state index contributed by atoms with van der Waals surface area (Å²) in [6.07, 6.45) is 9.50. The monoisotopic (exact) mass is 136 g/mol. The normalized spacial score (nSPS) is 22.3. The maximum atomic E-state index is 10.5. The Morgan fingerprint density at radius 3 is 3.10 bits per heavy atom. The van der Waals surface area contributed by atoms with Crippen molar-refractivity contribution in [1.82, 2.24) is 0 Å². The van der Waals surface area contributed by atoms with Crippen molar-refractivity contribution in [3.05, 3.63) is 12.2 Å². The maximum absolute atomic E-state index is 10.5. The lowest BCUT2D eigenvalue weighted by Crippen LogP contribution is -2.06. The van der Waals surface area contributed by atoms with Gasteiger partial charge in [-0.1, -0.05) is 0 Å². The Kier molecular flexibility index (Phi) is 2.11. The molecule has 2 heteroatoms. The van der Waals surface area contributed by atoms with E-state index in [-0.39, 0.29) is 12.1 Å². The van der Waals surface area contributed by atoms with Crippen LogP contribution in [0, 0.1) is 12.3 Å². The maximum Gasteiger partial charge on any atom is 0.331 e. The topological polar surface area (TPSA) is 26.3 Å². The first-order chi connectivity index (χ1) is 4.83. The van der Waals surface area contributed by atoms with Gasteiger partial charge in [0.15, 0.2) is 0 Å². The molecule has 1 heterocycles. The van der Waals surface area contributed by atoms with Crippen molar-refractivity contribution >= 4 is 5.97 Å². The van der Waals surface area contributed by atoms with E-state index >= 15 is 0 Å². The molecular formula is C8H8O2. The van der Waals surface area contributed by atoms with Crippen LogP contribution in [-0.2, 0) is 9.53 Å². The van der Waals surface area contributed by atoms with Crippen molar-refractivity contribution < 1.29 is 9.53 Å². The fraction of sp³-hybridized carbons (Fsp3) is 0.375. The molecule has 0 N–H and O–H groups in total. The molecule has 1 atom stereocenters. The first kappa shape index (κ1) is 6.88. The molecule has 2 nitrogen and oxygen atoms in total. The Hall–Kier alpha value is -1.23. The molecule has 0 aliphatic carbocycles. The highest BCUT2D eigenvalue weighted by molar-refractivity contribution is 5.84. The lowest BCUT2D eigenvalue weighted by atomic mass is 10.2. The molecular weight excluding hydrogens is 128 g/mol. The molecule has 0 radical (unpaired) electrons. The Morgan fingerprint density at radius 1 is 1.80 bits per heavy atom. The molecule has 52 valence electrons. The molecule has 0 bridgehead atoms. The van der Waals surface area contributed by atoms with Crippen molar-refractivity contribution in [1.29, 1.82) is 0 Å². The molecule has 0 saturated carbocycles. The Labute approximate surface area is 59.9 Å². The van der Waals surface area contributed by atoms with E-state index < -0.39 is 0 Å². The molecule has 0 aromatic carbocycles. The third kappa shape index (κ3) is 1.63. The minimum atomic E-state index is -0.262. The zero-order valence-electron chi connectivity index (χ0n) is 5.54. The molecule has 0 fully saturated rings. The Bertz CT molecular complexity index is 198. The number of rotatable bonds is 2. The second-order valence-corrected chi connectivity index (χ2v) is 2.08. The molecule has 1 unspecified atom stereocenters. The first-order valence-corrected chi connectivity index (χ1v) is 3.15. The zero-order valence-corrected chi connectivity index (χ0v) is 5.54. The zero-order chi connectivity index (χ0) is 7.40. The number of cyclic esters (lactones) is 1. The molecule has 1 aliphatic heterocycles. The molecule has 10 heavy (non-hydrogen) atoms. The highest BCUT2D eigenvalue weighted by atomic mass is 16.5. The number of carbonyl (C=O) groups is 1. The second-order valence-electron chi connectivity index (χ2n) is 2.08. The van der Waals surface area contributed by atoms with Crippen LogP contribution in [0.5, 0.6) is 0 Å². The van der Waals surface area contributed by atoms with E-state index in [1.807, 2.05) is 0 Å². The average molecular weight is 136 g/mol. The smallest absolute Gasteiger partial charge is 0.331 e. The predicted octanol–water partition coefficient (Wildman–Crippen LogP) is 0.881. The van der Waals surface area contributed by atoms with E-state index in [2.05, 4.69) is 5.92 Å². The molecule has 1 rings (SSSR count). The van der Waals surface area contributed by atoms with Crippen molar-refractivity contribution in [3.63, 3.8) is 0 Å². The summed E-state index contributed by atoms with van der Waals surface area (Å²) in [5.74, 6) is 2.22. The summed E-state index contributed by atoms with van der Waals surface area (Å²) >= 11 is 0. The van der Waals surface area contributed by atoms with E-state index in [1.54, 1.807) is 6.08 Å². The van der Waals surface area contributed by atoms with Gasteiger partial charge in [-0.05, 0) is 12.5 Å². The van der Waals surface area contributed by atoms with Crippen LogP contribution < -0.4 is 0 Å². The summed E-state index contributed by atoms with van der Waals surface area (Å²) in [4.78, 5) is 10.5. The van der Waals surface area contributed by atoms with Gasteiger partial charge >= 0.3 is 5.97 Å². The molecule has 1 aliphatic rings. The molecule has 0 saturated heterocycles. The third-order valence-electron chi connectivity index (χ3n) is 1.29. The van der Waals surface area contributed by atoms with E-state index in [9.17, 15) is 4.79 Å². The van der Waals surface area contributed by atoms with Crippen LogP contribution >= 0.6 is 0 Å². The van der Waals surface area contributed by atoms with Crippen LogP contribution in [0.15, 0.2) is 12.2 Å². The van der Waals surface area contributed by atoms with Crippen LogP contribution in [-0.4, -0.2) is 12.1 Å². The van der Waals surface area contributed by atoms with Crippen molar-refractivity contribution in [2.75, 3.05) is 0 Å². The summed E-state index contributed by atoms with van der Waals surface area (Å²) in [7, 11) is 0. The van der Waals surface area contributed by atoms with Crippen LogP contribution in [0.1, 0.15) is 12.8 Å². The minimum Gasteiger partial charge on any atom is -0.455 e. The van der Waals surface area contributed by atoms with Crippen LogP contribution in [0.25, 0.3) is 0 Å². The van der Waals surface area contributed by atoms with Gasteiger partial charge in [-0.15, -0.1) is 12.3 Å². The SMILES string of the molecule is C#CCCC1C=CC(=O)O1. The summed E-state index contributed by atoms with van der Waals surface area (Å²) in [6, 6.07) is 0. The van der Waals surface area contributed by atoms with Gasteiger partial charge in [0.25, 0.3) is 0 Å². The Morgan fingerprint density at radius 2 is 2.60 bits per heavy atom. The number of carbonyl (C=O) groups excluding carboxylic acids is 1. The number of esters is 1. The minimum absolute atomic E-state index is 0.0800. The summed E-state index contributed by atoms with van der Waals surface area (Å²) in [5.41, 5.74) is 0. The summed E-state index contributed by atoms with van der Waals surface area (Å²) < 4.78 is 4.82. The fourth-order valence-corrected chi connectivity index (χ4v) is 0.794. The van der Waals surface area contributed by atoms with Gasteiger partial charge in [0.2, 0.25) is 0 Å². The summed E-state index contributed by atoms with van der Waals surface area (Å²) in [5, 5.41) is 0. The van der Waals surface area contributed by atoms with Crippen molar-refractivity contribution in [2.24, 2.45) is 0 Å². The molecule has 0 spiro atoms. The molecule has 0 amide bonds. The van der Waals surface area contributed by atoms with Gasteiger partial charge in [-0.25, -0.2) is 4.79 Å². The van der Waals surface area contributed by atoms with Gasteiger partial charge < -0.3 is 4.74 Å². The number of terminal acetylenes is 1. The van der Waals surface area contributed by atoms with Crippen LogP contribution in [0.3, 0.4) is 0 Å². The predicted molar refractivity (Wildman–Crippen MR) is 37.1 cm³/mol. The van der Waals surface area contributed by atoms with E-state index in [4.69, 9.17) is 11.2 Å². The quantitative estimate of drug-likeness (QED) is 0.416. The van der Waals surface area contributed by atoms with E-state index in [0.717, 1.165) is 6.42 Å². The average Bonchev–Trinajstić information content (AvgIpc) is 2.31. The number of ether oxygens (including phenoxy) is 1. The van der Waals surface area contributed by atoms with Gasteiger partial charge in [0.05, 0.1) is 0 Å². The van der Waals surface area contributed by atoms with E-state index in [0.29, 0.717) is 6.42 Å². The lowest BCUT2D eigenvalue weighted by molar-refractivity contribution is -0.138. The van der Waals surface area contributed by atoms with Crippen molar-refractivity contribution in [2.45, 2.75) is 18.9 Å². The largest absolute Gasteiger partial charge is 0.455 e. The molecule has 0 aromatic heterocycles. The van der Waals surface area contributed by atoms with Crippen molar-refractivity contribution in [3.8, 4) is 12.3 Å². The number of hydrogen-bond donors (Lipinski definition) is 0. The highest BCUT2D eigenvalue weighted by Crippen LogP contribution is 2.09. The van der Waals surface area contributed by atoms with Crippen LogP contribution in [0.2, 0.25) is 0 Å².